The number of ether oxygens (including phenoxy) is 2. The van der Waals surface area contributed by atoms with Crippen LogP contribution in [0.15, 0.2) is 18.3 Å². The average Bonchev–Trinajstić information content (AvgIpc) is 2.66. The van der Waals surface area contributed by atoms with Gasteiger partial charge in [0.15, 0.2) is 0 Å². The third-order valence-corrected chi connectivity index (χ3v) is 6.73. The Bertz CT molecular complexity index is 935. The lowest BCUT2D eigenvalue weighted by atomic mass is 9.76. The fourth-order valence-corrected chi connectivity index (χ4v) is 4.85. The van der Waals surface area contributed by atoms with E-state index in [1.54, 1.807) is 7.11 Å². The molecule has 0 unspecified atom stereocenters. The fourth-order valence-electron chi connectivity index (χ4n) is 4.26. The first-order chi connectivity index (χ1) is 13.7. The number of rotatable bonds is 2. The summed E-state index contributed by atoms with van der Waals surface area (Å²) in [6.07, 6.45) is 4.60. The fraction of sp³-hybridized carbons (Fsp3) is 0.571. The number of nitrogens with zero attached hydrogens (tertiary/aromatic N) is 4. The van der Waals surface area contributed by atoms with E-state index in [2.05, 4.69) is 49.6 Å². The number of carbonyl (C=O) groups excluding carboxylic acids is 1. The number of amides is 1. The van der Waals surface area contributed by atoms with Crippen LogP contribution in [-0.2, 0) is 4.74 Å². The van der Waals surface area contributed by atoms with Crippen LogP contribution in [0.2, 0.25) is 0 Å². The highest BCUT2D eigenvalue weighted by atomic mass is 127. The van der Waals surface area contributed by atoms with Gasteiger partial charge in [-0.3, -0.25) is 0 Å². The molecule has 8 heteroatoms. The molecule has 1 spiro atoms. The maximum atomic E-state index is 12.6. The molecular formula is C21H27IN4O3. The number of methoxy groups -OCH3 is 1. The largest absolute Gasteiger partial charge is 0.467 e. The summed E-state index contributed by atoms with van der Waals surface area (Å²) in [7, 11) is 1.58. The van der Waals surface area contributed by atoms with E-state index in [9.17, 15) is 4.79 Å². The lowest BCUT2D eigenvalue weighted by molar-refractivity contribution is -0.0541. The topological polar surface area (TPSA) is 67.8 Å². The number of hydrogen-bond donors (Lipinski definition) is 0. The number of anilines is 1. The van der Waals surface area contributed by atoms with Gasteiger partial charge in [-0.25, -0.2) is 9.78 Å². The molecule has 2 aliphatic heterocycles. The smallest absolute Gasteiger partial charge is 0.410 e. The minimum absolute atomic E-state index is 0.0580. The molecule has 156 valence electrons. The van der Waals surface area contributed by atoms with Crippen LogP contribution in [0.5, 0.6) is 6.01 Å². The van der Waals surface area contributed by atoms with E-state index in [1.165, 1.54) is 0 Å². The van der Waals surface area contributed by atoms with Gasteiger partial charge in [-0.05, 0) is 74.8 Å². The van der Waals surface area contributed by atoms with Crippen LogP contribution >= 0.6 is 22.6 Å². The lowest BCUT2D eigenvalue weighted by Gasteiger charge is -2.56. The van der Waals surface area contributed by atoms with Crippen molar-refractivity contribution in [2.24, 2.45) is 0 Å². The number of carbonyl (C=O) groups is 1. The minimum Gasteiger partial charge on any atom is -0.467 e. The molecule has 7 nitrogen and oxygen atoms in total. The van der Waals surface area contributed by atoms with Crippen LogP contribution in [0.1, 0.15) is 40.0 Å². The van der Waals surface area contributed by atoms with Crippen LogP contribution < -0.4 is 9.64 Å². The Morgan fingerprint density at radius 2 is 1.86 bits per heavy atom. The van der Waals surface area contributed by atoms with Crippen LogP contribution in [0.4, 0.5) is 10.5 Å². The van der Waals surface area contributed by atoms with Gasteiger partial charge in [-0.2, -0.15) is 4.98 Å². The highest BCUT2D eigenvalue weighted by molar-refractivity contribution is 14.1. The number of piperidine rings is 1. The second-order valence-corrected chi connectivity index (χ2v) is 9.94. The molecule has 0 bridgehead atoms. The first-order valence-electron chi connectivity index (χ1n) is 9.97. The molecule has 0 N–H and O–H groups in total. The zero-order valence-corrected chi connectivity index (χ0v) is 19.5. The molecule has 4 rings (SSSR count). The first-order valence-corrected chi connectivity index (χ1v) is 11.1. The molecule has 1 aromatic carbocycles. The Hall–Kier alpha value is -1.84. The predicted octanol–water partition coefficient (Wildman–Crippen LogP) is 4.22. The number of aromatic nitrogens is 2. The molecule has 0 aliphatic carbocycles. The molecule has 3 heterocycles. The van der Waals surface area contributed by atoms with Gasteiger partial charge < -0.3 is 19.3 Å². The molecule has 1 amide bonds. The maximum Gasteiger partial charge on any atom is 0.410 e. The van der Waals surface area contributed by atoms with Crippen molar-refractivity contribution in [1.82, 2.24) is 14.9 Å². The van der Waals surface area contributed by atoms with Gasteiger partial charge in [0, 0.05) is 40.5 Å². The highest BCUT2D eigenvalue weighted by Crippen LogP contribution is 2.42. The van der Waals surface area contributed by atoms with Crippen LogP contribution in [0, 0.1) is 3.57 Å². The highest BCUT2D eigenvalue weighted by Gasteiger charge is 2.50. The Morgan fingerprint density at radius 1 is 1.17 bits per heavy atom. The molecule has 0 atom stereocenters. The summed E-state index contributed by atoms with van der Waals surface area (Å²) in [5.74, 6) is 0. The summed E-state index contributed by atoms with van der Waals surface area (Å²) in [5.41, 5.74) is 1.53. The standard InChI is InChI=1S/C21H27IN4O3/c1-20(2,3)29-19(27)26-12-9-21(26)7-10-25(11-8-21)16-6-5-15(22)17-14(16)13-23-18(24-17)28-4/h5-6,13H,7-12H2,1-4H3. The number of likely N-dealkylation sites (tertiary alicyclic amines) is 1. The van der Waals surface area contributed by atoms with Crippen LogP contribution in [0.25, 0.3) is 10.9 Å². The van der Waals surface area contributed by atoms with E-state index in [-0.39, 0.29) is 11.6 Å². The molecule has 0 radical (unpaired) electrons. The number of fused-ring (bicyclic) bond motifs is 1. The zero-order chi connectivity index (χ0) is 20.8. The van der Waals surface area contributed by atoms with Gasteiger partial charge in [0.25, 0.3) is 0 Å². The minimum atomic E-state index is -0.463. The first kappa shape index (κ1) is 20.4. The third kappa shape index (κ3) is 3.83. The van der Waals surface area contributed by atoms with E-state index in [4.69, 9.17) is 9.47 Å². The van der Waals surface area contributed by atoms with E-state index in [0.717, 1.165) is 59.1 Å². The van der Waals surface area contributed by atoms with Crippen molar-refractivity contribution in [3.63, 3.8) is 0 Å². The zero-order valence-electron chi connectivity index (χ0n) is 17.4. The molecule has 2 aromatic rings. The van der Waals surface area contributed by atoms with E-state index >= 15 is 0 Å². The second-order valence-electron chi connectivity index (χ2n) is 8.78. The number of hydrogen-bond acceptors (Lipinski definition) is 6. The molecule has 1 aromatic heterocycles. The van der Waals surface area contributed by atoms with Crippen molar-refractivity contribution in [2.45, 2.75) is 51.2 Å². The third-order valence-electron chi connectivity index (χ3n) is 5.86. The van der Waals surface area contributed by atoms with Gasteiger partial charge in [-0.15, -0.1) is 0 Å². The van der Waals surface area contributed by atoms with E-state index < -0.39 is 5.60 Å². The predicted molar refractivity (Wildman–Crippen MR) is 121 cm³/mol. The van der Waals surface area contributed by atoms with Gasteiger partial charge in [-0.1, -0.05) is 0 Å². The number of benzene rings is 1. The van der Waals surface area contributed by atoms with Crippen LogP contribution in [-0.4, -0.2) is 58.8 Å². The van der Waals surface area contributed by atoms with Crippen molar-refractivity contribution in [2.75, 3.05) is 31.6 Å². The van der Waals surface area contributed by atoms with Gasteiger partial charge in [0.2, 0.25) is 0 Å². The van der Waals surface area contributed by atoms with Crippen molar-refractivity contribution in [1.29, 1.82) is 0 Å². The summed E-state index contributed by atoms with van der Waals surface area (Å²) in [4.78, 5) is 25.8. The van der Waals surface area contributed by atoms with Gasteiger partial charge in [0.1, 0.15) is 5.60 Å². The Balaban J connectivity index is 1.52. The Labute approximate surface area is 184 Å². The Morgan fingerprint density at radius 3 is 2.45 bits per heavy atom. The summed E-state index contributed by atoms with van der Waals surface area (Å²) in [5, 5.41) is 1.03. The summed E-state index contributed by atoms with van der Waals surface area (Å²) >= 11 is 2.30. The molecule has 2 saturated heterocycles. The molecule has 2 aliphatic rings. The Kier molecular flexibility index (Phi) is 5.25. The van der Waals surface area contributed by atoms with Gasteiger partial charge in [0.05, 0.1) is 18.2 Å². The summed E-state index contributed by atoms with van der Waals surface area (Å²) in [6.45, 7) is 8.31. The number of halogens is 1. The average molecular weight is 510 g/mol. The molecule has 29 heavy (non-hydrogen) atoms. The lowest BCUT2D eigenvalue weighted by Crippen LogP contribution is -2.66. The van der Waals surface area contributed by atoms with Crippen molar-refractivity contribution in [3.05, 3.63) is 21.9 Å². The van der Waals surface area contributed by atoms with Gasteiger partial charge >= 0.3 is 12.1 Å². The van der Waals surface area contributed by atoms with Crippen molar-refractivity contribution in [3.8, 4) is 6.01 Å². The maximum absolute atomic E-state index is 12.6. The summed E-state index contributed by atoms with van der Waals surface area (Å²) < 4.78 is 11.9. The van der Waals surface area contributed by atoms with E-state index in [1.807, 2.05) is 31.9 Å². The molecule has 0 saturated carbocycles. The molecule has 2 fully saturated rings. The molecular weight excluding hydrogens is 483 g/mol. The van der Waals surface area contributed by atoms with Crippen molar-refractivity contribution < 1.29 is 14.3 Å². The summed E-state index contributed by atoms with van der Waals surface area (Å²) in [6, 6.07) is 4.61. The van der Waals surface area contributed by atoms with Crippen molar-refractivity contribution >= 4 is 45.3 Å². The second kappa shape index (κ2) is 7.45. The van der Waals surface area contributed by atoms with E-state index in [0.29, 0.717) is 6.01 Å². The van der Waals surface area contributed by atoms with Crippen LogP contribution in [0.3, 0.4) is 0 Å². The quantitative estimate of drug-likeness (QED) is 0.564. The monoisotopic (exact) mass is 510 g/mol. The SMILES string of the molecule is COc1ncc2c(N3CCC4(CC3)CCN4C(=O)OC(C)(C)C)ccc(I)c2n1. The normalized spacial score (nSPS) is 18.7.